The van der Waals surface area contributed by atoms with Crippen LogP contribution in [-0.2, 0) is 20.6 Å². The number of phenolic OH excluding ortho intramolecular Hbond substituents is 3. The largest absolute Gasteiger partial charge is 0.504 e. The van der Waals surface area contributed by atoms with Crippen molar-refractivity contribution in [3.63, 3.8) is 0 Å². The van der Waals surface area contributed by atoms with Crippen molar-refractivity contribution in [1.82, 2.24) is 58.3 Å². The van der Waals surface area contributed by atoms with Crippen LogP contribution in [0.15, 0.2) is 107 Å². The van der Waals surface area contributed by atoms with Crippen LogP contribution in [0.4, 0.5) is 78.5 Å². The molecule has 3 fully saturated rings. The summed E-state index contributed by atoms with van der Waals surface area (Å²) >= 11 is 19.7. The highest BCUT2D eigenvalue weighted by molar-refractivity contribution is 6.35. The van der Waals surface area contributed by atoms with Gasteiger partial charge in [-0.05, 0) is 151 Å². The van der Waals surface area contributed by atoms with Crippen molar-refractivity contribution >= 4 is 103 Å². The number of benzene rings is 3. The zero-order valence-corrected chi connectivity index (χ0v) is 81.5. The molecule has 0 aliphatic carbocycles. The molecular formula is C100H87Cl3F14N18O9. The molecule has 3 saturated heterocycles. The number of aryl methyl sites for hydroxylation is 3. The third-order valence-corrected chi connectivity index (χ3v) is 26.0. The minimum atomic E-state index is -5.74. The number of nitriles is 3. The molecule has 144 heavy (non-hydrogen) atoms. The number of phenols is 3. The van der Waals surface area contributed by atoms with Crippen LogP contribution in [0.1, 0.15) is 157 Å². The van der Waals surface area contributed by atoms with Crippen LogP contribution in [0.3, 0.4) is 0 Å². The van der Waals surface area contributed by atoms with Crippen LogP contribution < -0.4 is 31.4 Å². The summed E-state index contributed by atoms with van der Waals surface area (Å²) in [6, 6.07) is 11.8. The van der Waals surface area contributed by atoms with Crippen LogP contribution >= 0.6 is 34.8 Å². The Kier molecular flexibility index (Phi) is 30.1. The maximum Gasteiger partial charge on any atom is 0.422 e. The molecule has 3 aromatic carbocycles. The predicted octanol–water partition coefficient (Wildman–Crippen LogP) is 19.7. The number of carbonyl (C=O) groups is 3. The van der Waals surface area contributed by atoms with Gasteiger partial charge in [0.1, 0.15) is 57.4 Å². The highest BCUT2D eigenvalue weighted by atomic mass is 35.5. The number of hydrogen-bond acceptors (Lipinski definition) is 21. The number of fused-ring (bicyclic) bond motifs is 3. The van der Waals surface area contributed by atoms with E-state index in [9.17, 15) is 108 Å². The van der Waals surface area contributed by atoms with Crippen LogP contribution in [0.5, 0.6) is 17.2 Å². The van der Waals surface area contributed by atoms with Gasteiger partial charge >= 0.3 is 6.18 Å². The summed E-state index contributed by atoms with van der Waals surface area (Å²) in [5, 5.41) is 61.5. The molecule has 3 aliphatic rings. The van der Waals surface area contributed by atoms with Gasteiger partial charge in [0.15, 0.2) is 52.2 Å². The van der Waals surface area contributed by atoms with Gasteiger partial charge in [0.2, 0.25) is 46.8 Å². The van der Waals surface area contributed by atoms with Gasteiger partial charge in [-0.1, -0.05) is 96.1 Å². The molecule has 3 aliphatic heterocycles. The molecule has 15 rings (SSSR count). The number of piperazine rings is 3. The van der Waals surface area contributed by atoms with Gasteiger partial charge in [-0.3, -0.25) is 57.4 Å². The van der Waals surface area contributed by atoms with Crippen LogP contribution in [0, 0.1) is 119 Å². The number of nitrogens with zero attached hydrogens (tertiary/aromatic N) is 18. The minimum Gasteiger partial charge on any atom is -0.504 e. The number of carbonyl (C=O) groups excluding carboxylic acids is 3. The smallest absolute Gasteiger partial charge is 0.422 e. The Morgan fingerprint density at radius 3 is 0.847 bits per heavy atom. The van der Waals surface area contributed by atoms with Crippen molar-refractivity contribution in [1.29, 1.82) is 15.8 Å². The first-order valence-electron chi connectivity index (χ1n) is 44.3. The van der Waals surface area contributed by atoms with Crippen LogP contribution in [0.2, 0.25) is 15.1 Å². The van der Waals surface area contributed by atoms with Gasteiger partial charge < -0.3 is 44.7 Å². The maximum atomic E-state index is 15.6. The molecule has 0 bridgehead atoms. The maximum absolute atomic E-state index is 15.6. The number of rotatable bonds is 15. The molecule has 6 atom stereocenters. The summed E-state index contributed by atoms with van der Waals surface area (Å²) in [6.45, 7) is 38.1. The molecule has 44 heteroatoms. The summed E-state index contributed by atoms with van der Waals surface area (Å²) in [6.07, 6.45) is 2.38. The topological polar surface area (TPSA) is 346 Å². The number of halogens is 17. The fourth-order valence-electron chi connectivity index (χ4n) is 19.0. The van der Waals surface area contributed by atoms with Gasteiger partial charge in [-0.2, -0.15) is 42.1 Å². The summed E-state index contributed by atoms with van der Waals surface area (Å²) in [5.41, 5.74) is -9.47. The highest BCUT2D eigenvalue weighted by Gasteiger charge is 2.46. The monoisotopic (exact) mass is 2050 g/mol. The van der Waals surface area contributed by atoms with Gasteiger partial charge in [-0.25, -0.2) is 50.1 Å². The van der Waals surface area contributed by atoms with E-state index in [0.717, 1.165) is 25.8 Å². The number of aromatic hydroxyl groups is 3. The zero-order valence-electron chi connectivity index (χ0n) is 79.3. The predicted molar refractivity (Wildman–Crippen MR) is 511 cm³/mol. The quantitative estimate of drug-likeness (QED) is 0.0371. The van der Waals surface area contributed by atoms with Crippen molar-refractivity contribution in [3.05, 3.63) is 259 Å². The molecular weight excluding hydrogens is 1970 g/mol. The lowest BCUT2D eigenvalue weighted by Crippen LogP contribution is -2.58. The highest BCUT2D eigenvalue weighted by Crippen LogP contribution is 2.51. The van der Waals surface area contributed by atoms with E-state index in [0.29, 0.717) is 33.8 Å². The van der Waals surface area contributed by atoms with Gasteiger partial charge in [0.05, 0.1) is 100 Å². The molecule has 0 unspecified atom stereocenters. The number of alkyl halides is 3. The number of pyridine rings is 9. The molecule has 0 saturated carbocycles. The molecule has 3 amide bonds. The number of amides is 3. The van der Waals surface area contributed by atoms with E-state index < -0.39 is 195 Å². The molecule has 0 spiro atoms. The molecule has 9 aromatic heterocycles. The first-order chi connectivity index (χ1) is 67.7. The van der Waals surface area contributed by atoms with Crippen LogP contribution in [0.25, 0.3) is 83.9 Å². The fraction of sp³-hybridized carbons (Fsp3) is 0.310. The van der Waals surface area contributed by atoms with E-state index in [-0.39, 0.29) is 159 Å². The average molecular weight is 2060 g/mol. The van der Waals surface area contributed by atoms with Crippen molar-refractivity contribution in [2.75, 3.05) is 54.0 Å². The molecule has 27 nitrogen and oxygen atoms in total. The first kappa shape index (κ1) is 106. The molecule has 3 N–H and O–H groups in total. The summed E-state index contributed by atoms with van der Waals surface area (Å²) in [7, 11) is 0. The lowest BCUT2D eigenvalue weighted by molar-refractivity contribution is -0.143. The second-order valence-electron chi connectivity index (χ2n) is 35.7. The average Bonchev–Trinajstić information content (AvgIpc) is 0.726. The van der Waals surface area contributed by atoms with Crippen molar-refractivity contribution in [2.45, 2.75) is 164 Å². The Bertz CT molecular complexity index is 7420. The third-order valence-electron chi connectivity index (χ3n) is 25.1. The first-order valence-corrected chi connectivity index (χ1v) is 45.4. The fourth-order valence-corrected chi connectivity index (χ4v) is 19.8. The Morgan fingerprint density at radius 2 is 0.625 bits per heavy atom. The second-order valence-corrected chi connectivity index (χ2v) is 36.9. The van der Waals surface area contributed by atoms with E-state index in [2.05, 4.69) is 49.6 Å². The van der Waals surface area contributed by atoms with Crippen molar-refractivity contribution in [2.24, 2.45) is 0 Å². The second kappa shape index (κ2) is 40.8. The van der Waals surface area contributed by atoms with E-state index in [4.69, 9.17) is 34.8 Å². The Labute approximate surface area is 826 Å². The van der Waals surface area contributed by atoms with E-state index in [1.165, 1.54) is 30.5 Å². The SMILES string of the molecule is C=CC(=O)N1[C@H](C)CN(c2c(C#N)c(=O)n(-c3c(C)ccnc3C(C)C)c3nc(-c4c(O)c(F)c(F)c(C(F)(F)F)c4F)c(Cl)cc23)C[C@@H]1C.C=CC(=O)N1[C@H](C)CN(c2c(C#N)c(=O)n(-c3c(C)ccnc3C(C)C)c3nc(-c4c(O)c(F)c(F)c(F)c4F)c(Cl)cc23)C[C@@H]1C.C=CC(=O)N1[C@H](C)CN(c2c(C#N)c(=O)n(-c3c(C)ccnc3C(C)C)c3nc(-c4c(O)c(F)c(F)c(F)c4F)c(Cl)cc23)C[C@@H]1C. The number of anilines is 3. The van der Waals surface area contributed by atoms with Gasteiger partial charge in [0.25, 0.3) is 16.7 Å². The van der Waals surface area contributed by atoms with Gasteiger partial charge in [0, 0.05) is 110 Å². The van der Waals surface area contributed by atoms with E-state index in [1.807, 2.05) is 45.9 Å². The lowest BCUT2D eigenvalue weighted by Gasteiger charge is -2.45. The Hall–Kier alpha value is -15.0. The van der Waals surface area contributed by atoms with Crippen molar-refractivity contribution < 1.29 is 91.2 Å². The summed E-state index contributed by atoms with van der Waals surface area (Å²) < 4.78 is 206. The molecule has 0 radical (unpaired) electrons. The van der Waals surface area contributed by atoms with E-state index >= 15 is 13.2 Å². The van der Waals surface area contributed by atoms with Crippen LogP contribution in [-0.4, -0.2) is 167 Å². The summed E-state index contributed by atoms with van der Waals surface area (Å²) in [4.78, 5) is 118. The van der Waals surface area contributed by atoms with Crippen molar-refractivity contribution in [3.8, 4) is 86.3 Å². The number of aromatic nitrogens is 9. The number of hydrogen-bond donors (Lipinski definition) is 3. The van der Waals surface area contributed by atoms with E-state index in [1.54, 1.807) is 136 Å². The Balaban J connectivity index is 0.000000181. The normalized spacial score (nSPS) is 16.6. The summed E-state index contributed by atoms with van der Waals surface area (Å²) in [5.74, 6) is -31.1. The molecule has 12 aromatic rings. The minimum absolute atomic E-state index is 0.00529. The molecule has 12 heterocycles. The standard InChI is InChI=1S/C34H29ClF6N6O3.2C33H29ClF4N6O3/c1-7-21(48)46-16(5)12-45(13-17(46)6)30-18-10-20(35)28(22-24(36)23(34(39,40)41)25(37)26(38)31(22)49)44-32(18)47(33(50)19(30)11-42)29-15(4)8-9-43-27(29)14(2)3;2*1-7-21(45)43-16(5)12-42(13-17(43)6)30-18-10-20(34)28(22-23(35)24(36)25(37)26(38)31(22)46)41-32(18)44(33(47)19(30)11-39)29-15(4)8-9-40-27(29)14(2)3/h7-10,14,16-17,49H,1,12-13H2,2-6H3;2*7-10,14,16-17,46H,1,12-13H2,2-6H3/t3*16-,17+. The lowest BCUT2D eigenvalue weighted by atomic mass is 10.00. The van der Waals surface area contributed by atoms with Gasteiger partial charge in [-0.15, -0.1) is 0 Å². The zero-order chi connectivity index (χ0) is 106. The Morgan fingerprint density at radius 1 is 0.396 bits per heavy atom. The third kappa shape index (κ3) is 18.2. The molecule has 750 valence electrons.